The lowest BCUT2D eigenvalue weighted by Crippen LogP contribution is -2.26. The average Bonchev–Trinajstić information content (AvgIpc) is 3.30. The van der Waals surface area contributed by atoms with Crippen molar-refractivity contribution in [3.05, 3.63) is 75.8 Å². The number of para-hydroxylation sites is 2. The number of benzene rings is 2. The molecule has 5 rings (SSSR count). The highest BCUT2D eigenvalue weighted by Crippen LogP contribution is 2.26. The molecule has 154 valence electrons. The molecule has 2 aromatic heterocycles. The lowest BCUT2D eigenvalue weighted by atomic mass is 10.0. The van der Waals surface area contributed by atoms with Gasteiger partial charge in [-0.2, -0.15) is 10.2 Å². The number of hydrogen-bond acceptors (Lipinski definition) is 6. The fraction of sp³-hybridized carbons (Fsp3) is 0.250. The predicted octanol–water partition coefficient (Wildman–Crippen LogP) is 3.34. The van der Waals surface area contributed by atoms with Gasteiger partial charge in [0.2, 0.25) is 5.88 Å². The highest BCUT2D eigenvalue weighted by atomic mass is 16.5. The molecule has 7 heteroatoms. The second-order valence-electron chi connectivity index (χ2n) is 7.59. The number of aryl methyl sites for hydroxylation is 1. The number of nitrogens with zero attached hydrogens (tertiary/aromatic N) is 4. The summed E-state index contributed by atoms with van der Waals surface area (Å²) in [4.78, 5) is 22.4. The zero-order valence-corrected chi connectivity index (χ0v) is 17.0. The fourth-order valence-corrected chi connectivity index (χ4v) is 4.01. The van der Waals surface area contributed by atoms with Crippen molar-refractivity contribution in [2.24, 2.45) is 0 Å². The summed E-state index contributed by atoms with van der Waals surface area (Å²) in [6, 6.07) is 17.3. The number of pyridine rings is 1. The quantitative estimate of drug-likeness (QED) is 0.511. The van der Waals surface area contributed by atoms with E-state index < -0.39 is 0 Å². The summed E-state index contributed by atoms with van der Waals surface area (Å²) in [6.45, 7) is 3.13. The lowest BCUT2D eigenvalue weighted by Gasteiger charge is -2.16. The van der Waals surface area contributed by atoms with Gasteiger partial charge in [-0.05, 0) is 30.7 Å². The molecule has 2 aromatic carbocycles. The summed E-state index contributed by atoms with van der Waals surface area (Å²) >= 11 is 0. The van der Waals surface area contributed by atoms with Gasteiger partial charge in [0.15, 0.2) is 5.82 Å². The number of rotatable bonds is 4. The number of aromatic nitrogens is 3. The molecule has 1 aliphatic heterocycles. The Morgan fingerprint density at radius 2 is 1.94 bits per heavy atom. The molecule has 0 amide bonds. The smallest absolute Gasteiger partial charge is 0.269 e. The SMILES string of the molecule is Cc1c(C#N)c(=O)n(Cc2nc(OC3CCOC3)c3ccccc3n2)c2ccccc12. The summed E-state index contributed by atoms with van der Waals surface area (Å²) in [5, 5.41) is 11.2. The highest BCUT2D eigenvalue weighted by Gasteiger charge is 2.21. The van der Waals surface area contributed by atoms with E-state index in [0.29, 0.717) is 30.5 Å². The van der Waals surface area contributed by atoms with Gasteiger partial charge < -0.3 is 9.47 Å². The molecule has 0 radical (unpaired) electrons. The average molecular weight is 412 g/mol. The molecule has 1 fully saturated rings. The molecule has 31 heavy (non-hydrogen) atoms. The van der Waals surface area contributed by atoms with Crippen LogP contribution in [0.3, 0.4) is 0 Å². The maximum atomic E-state index is 13.1. The standard InChI is InChI=1S/C24H20N4O3/c1-15-17-6-3-5-9-21(17)28(24(29)19(15)12-25)13-22-26-20-8-4-2-7-18(20)23(27-22)31-16-10-11-30-14-16/h2-9,16H,10-11,13-14H2,1H3. The van der Waals surface area contributed by atoms with E-state index in [9.17, 15) is 10.1 Å². The highest BCUT2D eigenvalue weighted by molar-refractivity contribution is 5.85. The van der Waals surface area contributed by atoms with Crippen molar-refractivity contribution in [1.82, 2.24) is 14.5 Å². The topological polar surface area (TPSA) is 90.0 Å². The fourth-order valence-electron chi connectivity index (χ4n) is 4.01. The molecule has 3 heterocycles. The van der Waals surface area contributed by atoms with E-state index in [1.807, 2.05) is 48.5 Å². The molecule has 1 aliphatic rings. The lowest BCUT2D eigenvalue weighted by molar-refractivity contribution is 0.139. The summed E-state index contributed by atoms with van der Waals surface area (Å²) in [5.41, 5.74) is 1.96. The molecule has 0 N–H and O–H groups in total. The Kier molecular flexibility index (Phi) is 4.85. The molecule has 1 atom stereocenters. The van der Waals surface area contributed by atoms with Gasteiger partial charge in [-0.3, -0.25) is 9.36 Å². The van der Waals surface area contributed by atoms with Gasteiger partial charge in [0.25, 0.3) is 5.56 Å². The summed E-state index contributed by atoms with van der Waals surface area (Å²) in [6.07, 6.45) is 0.751. The van der Waals surface area contributed by atoms with E-state index in [-0.39, 0.29) is 23.8 Å². The van der Waals surface area contributed by atoms with Crippen LogP contribution in [0, 0.1) is 18.3 Å². The van der Waals surface area contributed by atoms with E-state index in [0.717, 1.165) is 28.2 Å². The summed E-state index contributed by atoms with van der Waals surface area (Å²) in [5.74, 6) is 0.939. The number of hydrogen-bond donors (Lipinski definition) is 0. The Balaban J connectivity index is 1.65. The van der Waals surface area contributed by atoms with E-state index in [2.05, 4.69) is 16.0 Å². The molecular weight excluding hydrogens is 392 g/mol. The Labute approximate surface area is 178 Å². The molecule has 4 aromatic rings. The Morgan fingerprint density at radius 1 is 1.16 bits per heavy atom. The first-order valence-corrected chi connectivity index (χ1v) is 10.2. The Morgan fingerprint density at radius 3 is 2.71 bits per heavy atom. The van der Waals surface area contributed by atoms with Crippen LogP contribution in [0.2, 0.25) is 0 Å². The van der Waals surface area contributed by atoms with Crippen molar-refractivity contribution in [2.75, 3.05) is 13.2 Å². The van der Waals surface area contributed by atoms with Crippen molar-refractivity contribution in [2.45, 2.75) is 26.0 Å². The first-order valence-electron chi connectivity index (χ1n) is 10.2. The molecule has 0 spiro atoms. The van der Waals surface area contributed by atoms with Crippen LogP contribution in [-0.4, -0.2) is 33.9 Å². The molecule has 0 saturated carbocycles. The van der Waals surface area contributed by atoms with Crippen LogP contribution in [0.25, 0.3) is 21.8 Å². The Hall–Kier alpha value is -3.76. The van der Waals surface area contributed by atoms with E-state index in [4.69, 9.17) is 9.47 Å². The van der Waals surface area contributed by atoms with Gasteiger partial charge in [0, 0.05) is 11.8 Å². The number of fused-ring (bicyclic) bond motifs is 2. The normalized spacial score (nSPS) is 15.9. The van der Waals surface area contributed by atoms with Crippen molar-refractivity contribution in [3.63, 3.8) is 0 Å². The van der Waals surface area contributed by atoms with Crippen molar-refractivity contribution in [3.8, 4) is 11.9 Å². The van der Waals surface area contributed by atoms with E-state index in [1.54, 1.807) is 11.5 Å². The minimum absolute atomic E-state index is 0.0562. The molecule has 0 aliphatic carbocycles. The summed E-state index contributed by atoms with van der Waals surface area (Å²) in [7, 11) is 0. The van der Waals surface area contributed by atoms with Crippen LogP contribution in [0.4, 0.5) is 0 Å². The third kappa shape index (κ3) is 3.41. The van der Waals surface area contributed by atoms with Crippen LogP contribution in [0.1, 0.15) is 23.4 Å². The van der Waals surface area contributed by atoms with Crippen LogP contribution in [0.5, 0.6) is 5.88 Å². The van der Waals surface area contributed by atoms with Crippen LogP contribution in [-0.2, 0) is 11.3 Å². The van der Waals surface area contributed by atoms with Crippen molar-refractivity contribution < 1.29 is 9.47 Å². The third-order valence-electron chi connectivity index (χ3n) is 5.62. The minimum atomic E-state index is -0.345. The van der Waals surface area contributed by atoms with Gasteiger partial charge in [-0.15, -0.1) is 0 Å². The maximum Gasteiger partial charge on any atom is 0.269 e. The van der Waals surface area contributed by atoms with Gasteiger partial charge in [0.1, 0.15) is 17.7 Å². The van der Waals surface area contributed by atoms with Crippen molar-refractivity contribution in [1.29, 1.82) is 5.26 Å². The zero-order valence-electron chi connectivity index (χ0n) is 17.0. The molecule has 1 unspecified atom stereocenters. The molecule has 1 saturated heterocycles. The zero-order chi connectivity index (χ0) is 21.4. The van der Waals surface area contributed by atoms with Crippen LogP contribution < -0.4 is 10.3 Å². The minimum Gasteiger partial charge on any atom is -0.471 e. The monoisotopic (exact) mass is 412 g/mol. The number of ether oxygens (including phenoxy) is 2. The van der Waals surface area contributed by atoms with Crippen molar-refractivity contribution >= 4 is 21.8 Å². The van der Waals surface area contributed by atoms with Crippen LogP contribution in [0.15, 0.2) is 53.3 Å². The third-order valence-corrected chi connectivity index (χ3v) is 5.62. The van der Waals surface area contributed by atoms with E-state index in [1.165, 1.54) is 0 Å². The van der Waals surface area contributed by atoms with E-state index >= 15 is 0 Å². The van der Waals surface area contributed by atoms with Gasteiger partial charge in [0.05, 0.1) is 36.2 Å². The second-order valence-corrected chi connectivity index (χ2v) is 7.59. The molecule has 0 bridgehead atoms. The Bertz CT molecular complexity index is 1400. The van der Waals surface area contributed by atoms with Crippen LogP contribution >= 0.6 is 0 Å². The second kappa shape index (κ2) is 7.82. The number of nitriles is 1. The predicted molar refractivity (Wildman–Crippen MR) is 116 cm³/mol. The van der Waals surface area contributed by atoms with Gasteiger partial charge >= 0.3 is 0 Å². The first kappa shape index (κ1) is 19.2. The largest absolute Gasteiger partial charge is 0.471 e. The van der Waals surface area contributed by atoms with Gasteiger partial charge in [-0.25, -0.2) is 4.98 Å². The van der Waals surface area contributed by atoms with Gasteiger partial charge in [-0.1, -0.05) is 30.3 Å². The summed E-state index contributed by atoms with van der Waals surface area (Å²) < 4.78 is 13.1. The molecule has 7 nitrogen and oxygen atoms in total. The molecular formula is C24H20N4O3. The first-order chi connectivity index (χ1) is 15.2. The maximum absolute atomic E-state index is 13.1.